The summed E-state index contributed by atoms with van der Waals surface area (Å²) in [6, 6.07) is 15.4. The number of likely N-dealkylation sites (tertiary alicyclic amines) is 1. The van der Waals surface area contributed by atoms with Crippen LogP contribution in [0.2, 0.25) is 0 Å². The number of hydrogen-bond donors (Lipinski definition) is 1. The largest absolute Gasteiger partial charge is 0.339 e. The Morgan fingerprint density at radius 3 is 2.34 bits per heavy atom. The first-order valence-electron chi connectivity index (χ1n) is 11.3. The molecule has 0 atom stereocenters. The fourth-order valence-corrected chi connectivity index (χ4v) is 5.80. The molecule has 0 radical (unpaired) electrons. The number of rotatable bonds is 6. The summed E-state index contributed by atoms with van der Waals surface area (Å²) in [6.45, 7) is 1.61. The number of carbonyl (C=O) groups is 1. The molecule has 1 saturated heterocycles. The highest BCUT2D eigenvalue weighted by Crippen LogP contribution is 2.38. The first-order valence-corrected chi connectivity index (χ1v) is 12.7. The van der Waals surface area contributed by atoms with Crippen LogP contribution in [0.3, 0.4) is 0 Å². The number of fused-ring (bicyclic) bond motifs is 1. The third-order valence-electron chi connectivity index (χ3n) is 6.53. The molecule has 7 heteroatoms. The molecule has 1 N–H and O–H groups in total. The Bertz CT molecular complexity index is 1220. The average Bonchev–Trinajstić information content (AvgIpc) is 3.63. The van der Waals surface area contributed by atoms with E-state index in [-0.39, 0.29) is 10.8 Å². The van der Waals surface area contributed by atoms with E-state index >= 15 is 0 Å². The Labute approximate surface area is 188 Å². The van der Waals surface area contributed by atoms with Crippen LogP contribution in [0.4, 0.5) is 5.69 Å². The number of anilines is 1. The summed E-state index contributed by atoms with van der Waals surface area (Å²) >= 11 is 0. The number of para-hydroxylation sites is 1. The van der Waals surface area contributed by atoms with Crippen molar-refractivity contribution in [2.24, 2.45) is 11.8 Å². The van der Waals surface area contributed by atoms with Gasteiger partial charge in [0.2, 0.25) is 0 Å². The van der Waals surface area contributed by atoms with Crippen molar-refractivity contribution in [3.63, 3.8) is 0 Å². The Kier molecular flexibility index (Phi) is 5.59. The van der Waals surface area contributed by atoms with Gasteiger partial charge in [-0.3, -0.25) is 14.5 Å². The standard InChI is InChI=1S/C25H27N3O3S/c29-25(28-15-12-19(13-16-28)17-18-6-7-18)21-8-10-22(11-9-21)27-32(30,31)23-5-1-3-20-4-2-14-26-24(20)23/h1-5,8-11,14,18-19,27H,6-7,12-13,15-17H2. The summed E-state index contributed by atoms with van der Waals surface area (Å²) in [6.07, 6.45) is 7.83. The van der Waals surface area contributed by atoms with Crippen LogP contribution in [0.5, 0.6) is 0 Å². The van der Waals surface area contributed by atoms with E-state index in [1.165, 1.54) is 19.3 Å². The van der Waals surface area contributed by atoms with Gasteiger partial charge in [0.05, 0.1) is 5.52 Å². The summed E-state index contributed by atoms with van der Waals surface area (Å²) in [7, 11) is -3.81. The minimum atomic E-state index is -3.81. The van der Waals surface area contributed by atoms with Gasteiger partial charge in [-0.05, 0) is 67.5 Å². The fraction of sp³-hybridized carbons (Fsp3) is 0.360. The van der Waals surface area contributed by atoms with Crippen LogP contribution < -0.4 is 4.72 Å². The summed E-state index contributed by atoms with van der Waals surface area (Å²) < 4.78 is 28.5. The van der Waals surface area contributed by atoms with Crippen molar-refractivity contribution in [2.45, 2.75) is 37.0 Å². The number of nitrogens with zero attached hydrogens (tertiary/aromatic N) is 2. The van der Waals surface area contributed by atoms with Crippen molar-refractivity contribution in [3.05, 3.63) is 66.4 Å². The molecule has 3 aromatic rings. The highest BCUT2D eigenvalue weighted by molar-refractivity contribution is 7.93. The van der Waals surface area contributed by atoms with E-state index in [9.17, 15) is 13.2 Å². The van der Waals surface area contributed by atoms with Gasteiger partial charge in [0, 0.05) is 35.9 Å². The number of nitrogens with one attached hydrogen (secondary N) is 1. The van der Waals surface area contributed by atoms with Crippen molar-refractivity contribution in [2.75, 3.05) is 17.8 Å². The van der Waals surface area contributed by atoms with E-state index in [0.29, 0.717) is 16.8 Å². The first kappa shape index (κ1) is 20.9. The highest BCUT2D eigenvalue weighted by atomic mass is 32.2. The second kappa shape index (κ2) is 8.54. The van der Waals surface area contributed by atoms with Crippen LogP contribution in [0, 0.1) is 11.8 Å². The lowest BCUT2D eigenvalue weighted by Crippen LogP contribution is -2.38. The van der Waals surface area contributed by atoms with Gasteiger partial charge in [0.25, 0.3) is 15.9 Å². The number of aromatic nitrogens is 1. The van der Waals surface area contributed by atoms with Crippen LogP contribution in [0.15, 0.2) is 65.7 Å². The maximum Gasteiger partial charge on any atom is 0.264 e. The van der Waals surface area contributed by atoms with Gasteiger partial charge >= 0.3 is 0 Å². The molecule has 0 unspecified atom stereocenters. The van der Waals surface area contributed by atoms with E-state index in [4.69, 9.17) is 0 Å². The third-order valence-corrected chi connectivity index (χ3v) is 7.95. The molecule has 2 aromatic carbocycles. The quantitative estimate of drug-likeness (QED) is 0.592. The van der Waals surface area contributed by atoms with Crippen molar-refractivity contribution in [3.8, 4) is 0 Å². The van der Waals surface area contributed by atoms with E-state index in [2.05, 4.69) is 9.71 Å². The number of carbonyl (C=O) groups excluding carboxylic acids is 1. The molecule has 1 saturated carbocycles. The van der Waals surface area contributed by atoms with Gasteiger partial charge in [-0.1, -0.05) is 31.0 Å². The molecule has 0 bridgehead atoms. The van der Waals surface area contributed by atoms with Gasteiger partial charge in [-0.25, -0.2) is 8.42 Å². The molecule has 2 heterocycles. The number of amides is 1. The summed E-state index contributed by atoms with van der Waals surface area (Å²) in [5.41, 5.74) is 1.43. The van der Waals surface area contributed by atoms with Crippen molar-refractivity contribution in [1.82, 2.24) is 9.88 Å². The van der Waals surface area contributed by atoms with Crippen LogP contribution >= 0.6 is 0 Å². The molecule has 0 spiro atoms. The van der Waals surface area contributed by atoms with Crippen LogP contribution in [-0.2, 0) is 10.0 Å². The monoisotopic (exact) mass is 449 g/mol. The maximum absolute atomic E-state index is 13.0. The summed E-state index contributed by atoms with van der Waals surface area (Å²) in [5.74, 6) is 1.71. The van der Waals surface area contributed by atoms with Crippen molar-refractivity contribution >= 4 is 32.5 Å². The normalized spacial score (nSPS) is 17.4. The predicted molar refractivity (Wildman–Crippen MR) is 125 cm³/mol. The number of hydrogen-bond acceptors (Lipinski definition) is 4. The number of pyridine rings is 1. The molecule has 166 valence electrons. The van der Waals surface area contributed by atoms with Crippen molar-refractivity contribution < 1.29 is 13.2 Å². The Morgan fingerprint density at radius 2 is 1.62 bits per heavy atom. The minimum Gasteiger partial charge on any atom is -0.339 e. The molecule has 1 aliphatic heterocycles. The summed E-state index contributed by atoms with van der Waals surface area (Å²) in [5, 5.41) is 0.761. The van der Waals surface area contributed by atoms with Crippen LogP contribution in [0.25, 0.3) is 10.9 Å². The number of sulfonamides is 1. The van der Waals surface area contributed by atoms with Gasteiger partial charge in [0.1, 0.15) is 4.90 Å². The Hall–Kier alpha value is -2.93. The molecule has 1 aromatic heterocycles. The van der Waals surface area contributed by atoms with Gasteiger partial charge in [-0.2, -0.15) is 0 Å². The molecule has 6 nitrogen and oxygen atoms in total. The van der Waals surface area contributed by atoms with Crippen molar-refractivity contribution in [1.29, 1.82) is 0 Å². The lowest BCUT2D eigenvalue weighted by molar-refractivity contribution is 0.0684. The summed E-state index contributed by atoms with van der Waals surface area (Å²) in [4.78, 5) is 19.2. The smallest absolute Gasteiger partial charge is 0.264 e. The SMILES string of the molecule is O=C(c1ccc(NS(=O)(=O)c2cccc3cccnc23)cc1)N1CCC(CC2CC2)CC1. The van der Waals surface area contributed by atoms with E-state index < -0.39 is 10.0 Å². The zero-order chi connectivity index (χ0) is 22.1. The topological polar surface area (TPSA) is 79.4 Å². The first-order chi connectivity index (χ1) is 15.5. The van der Waals surface area contributed by atoms with E-state index in [0.717, 1.165) is 43.2 Å². The molecule has 2 aliphatic rings. The second-order valence-electron chi connectivity index (χ2n) is 8.93. The third kappa shape index (κ3) is 4.48. The second-order valence-corrected chi connectivity index (χ2v) is 10.6. The lowest BCUT2D eigenvalue weighted by atomic mass is 9.91. The molecule has 1 amide bonds. The van der Waals surface area contributed by atoms with Gasteiger partial charge in [0.15, 0.2) is 0 Å². The average molecular weight is 450 g/mol. The molecule has 5 rings (SSSR count). The molecular formula is C25H27N3O3S. The molecule has 2 fully saturated rings. The predicted octanol–water partition coefficient (Wildman–Crippen LogP) is 4.69. The van der Waals surface area contributed by atoms with Gasteiger partial charge in [-0.15, -0.1) is 0 Å². The number of benzene rings is 2. The van der Waals surface area contributed by atoms with E-state index in [1.54, 1.807) is 48.7 Å². The molecular weight excluding hydrogens is 422 g/mol. The zero-order valence-electron chi connectivity index (χ0n) is 17.9. The zero-order valence-corrected chi connectivity index (χ0v) is 18.7. The number of piperidine rings is 1. The fourth-order valence-electron chi connectivity index (χ4n) is 4.56. The molecule has 32 heavy (non-hydrogen) atoms. The van der Waals surface area contributed by atoms with Crippen LogP contribution in [0.1, 0.15) is 42.5 Å². The lowest BCUT2D eigenvalue weighted by Gasteiger charge is -2.32. The van der Waals surface area contributed by atoms with Gasteiger partial charge < -0.3 is 4.90 Å². The maximum atomic E-state index is 13.0. The van der Waals surface area contributed by atoms with Crippen LogP contribution in [-0.4, -0.2) is 37.3 Å². The molecule has 1 aliphatic carbocycles. The van der Waals surface area contributed by atoms with E-state index in [1.807, 2.05) is 17.0 Å². The Balaban J connectivity index is 1.26. The minimum absolute atomic E-state index is 0.0162. The highest BCUT2D eigenvalue weighted by Gasteiger charge is 2.29. The Morgan fingerprint density at radius 1 is 0.938 bits per heavy atom.